The first-order valence-corrected chi connectivity index (χ1v) is 7.51. The molecule has 0 radical (unpaired) electrons. The zero-order chi connectivity index (χ0) is 14.8. The van der Waals surface area contributed by atoms with E-state index in [-0.39, 0.29) is 10.3 Å². The molecule has 1 atom stereocenters. The van der Waals surface area contributed by atoms with Crippen molar-refractivity contribution < 1.29 is 18.3 Å². The first kappa shape index (κ1) is 15.7. The van der Waals surface area contributed by atoms with Crippen LogP contribution >= 0.6 is 0 Å². The van der Waals surface area contributed by atoms with Crippen molar-refractivity contribution in [3.05, 3.63) is 29.8 Å². The number of carboxylic acids is 1. The van der Waals surface area contributed by atoms with Gasteiger partial charge in [-0.05, 0) is 23.1 Å². The van der Waals surface area contributed by atoms with Crippen molar-refractivity contribution in [3.63, 3.8) is 0 Å². The SMILES string of the molecule is CC(C)(C)c1ccc(S(=O)(=O)CC(N)C(=O)O)cc1. The van der Waals surface area contributed by atoms with Crippen LogP contribution in [0.3, 0.4) is 0 Å². The Bertz CT molecular complexity index is 555. The van der Waals surface area contributed by atoms with Crippen LogP contribution in [0.25, 0.3) is 0 Å². The van der Waals surface area contributed by atoms with Crippen molar-refractivity contribution in [3.8, 4) is 0 Å². The van der Waals surface area contributed by atoms with Crippen LogP contribution in [0.5, 0.6) is 0 Å². The number of hydrogen-bond donors (Lipinski definition) is 2. The Morgan fingerprint density at radius 2 is 1.74 bits per heavy atom. The first-order valence-electron chi connectivity index (χ1n) is 5.86. The predicted molar refractivity (Wildman–Crippen MR) is 72.8 cm³/mol. The molecule has 6 heteroatoms. The molecule has 1 rings (SSSR count). The van der Waals surface area contributed by atoms with Crippen molar-refractivity contribution in [1.82, 2.24) is 0 Å². The van der Waals surface area contributed by atoms with E-state index >= 15 is 0 Å². The van der Waals surface area contributed by atoms with E-state index in [1.54, 1.807) is 12.1 Å². The lowest BCUT2D eigenvalue weighted by Crippen LogP contribution is -2.37. The van der Waals surface area contributed by atoms with Crippen molar-refractivity contribution in [2.75, 3.05) is 5.75 Å². The fourth-order valence-electron chi connectivity index (χ4n) is 1.57. The van der Waals surface area contributed by atoms with Crippen molar-refractivity contribution in [2.45, 2.75) is 37.1 Å². The zero-order valence-corrected chi connectivity index (χ0v) is 12.1. The lowest BCUT2D eigenvalue weighted by atomic mass is 9.87. The van der Waals surface area contributed by atoms with Gasteiger partial charge in [0.05, 0.1) is 10.6 Å². The maximum absolute atomic E-state index is 12.0. The summed E-state index contributed by atoms with van der Waals surface area (Å²) in [6, 6.07) is 5.04. The number of aliphatic carboxylic acids is 1. The average Bonchev–Trinajstić information content (AvgIpc) is 2.27. The van der Waals surface area contributed by atoms with Gasteiger partial charge in [0.1, 0.15) is 6.04 Å². The second-order valence-corrected chi connectivity index (χ2v) is 7.53. The van der Waals surface area contributed by atoms with Crippen LogP contribution in [0.2, 0.25) is 0 Å². The molecule has 106 valence electrons. The summed E-state index contributed by atoms with van der Waals surface area (Å²) < 4.78 is 23.9. The molecule has 1 unspecified atom stereocenters. The summed E-state index contributed by atoms with van der Waals surface area (Å²) in [6.45, 7) is 6.07. The maximum Gasteiger partial charge on any atom is 0.321 e. The van der Waals surface area contributed by atoms with Crippen LogP contribution in [0, 0.1) is 0 Å². The predicted octanol–water partition coefficient (Wildman–Crippen LogP) is 1.17. The van der Waals surface area contributed by atoms with E-state index in [1.165, 1.54) is 12.1 Å². The Morgan fingerprint density at radius 3 is 2.11 bits per heavy atom. The molecule has 1 aromatic carbocycles. The fraction of sp³-hybridized carbons (Fsp3) is 0.462. The van der Waals surface area contributed by atoms with Gasteiger partial charge >= 0.3 is 5.97 Å². The Labute approximate surface area is 113 Å². The van der Waals surface area contributed by atoms with Gasteiger partial charge in [0.2, 0.25) is 0 Å². The third-order valence-electron chi connectivity index (χ3n) is 2.80. The summed E-state index contributed by atoms with van der Waals surface area (Å²) in [5.74, 6) is -1.92. The number of rotatable bonds is 4. The molecule has 0 amide bonds. The number of carboxylic acid groups (broad SMARTS) is 1. The summed E-state index contributed by atoms with van der Waals surface area (Å²) in [4.78, 5) is 10.7. The monoisotopic (exact) mass is 285 g/mol. The van der Waals surface area contributed by atoms with Crippen molar-refractivity contribution >= 4 is 15.8 Å². The molecule has 0 saturated heterocycles. The van der Waals surface area contributed by atoms with Crippen LogP contribution in [0.4, 0.5) is 0 Å². The molecule has 5 nitrogen and oxygen atoms in total. The van der Waals surface area contributed by atoms with Gasteiger partial charge in [0.15, 0.2) is 9.84 Å². The van der Waals surface area contributed by atoms with Crippen LogP contribution < -0.4 is 5.73 Å². The fourth-order valence-corrected chi connectivity index (χ4v) is 2.92. The summed E-state index contributed by atoms with van der Waals surface area (Å²) in [5.41, 5.74) is 6.20. The Kier molecular flexibility index (Phi) is 4.37. The Hall–Kier alpha value is -1.40. The summed E-state index contributed by atoms with van der Waals surface area (Å²) >= 11 is 0. The summed E-state index contributed by atoms with van der Waals surface area (Å²) in [7, 11) is -3.67. The van der Waals surface area contributed by atoms with Gasteiger partial charge in [-0.25, -0.2) is 8.42 Å². The molecule has 0 saturated carbocycles. The van der Waals surface area contributed by atoms with Crippen LogP contribution in [0.15, 0.2) is 29.2 Å². The molecule has 1 aromatic rings. The molecule has 3 N–H and O–H groups in total. The van der Waals surface area contributed by atoms with Gasteiger partial charge in [0.25, 0.3) is 0 Å². The van der Waals surface area contributed by atoms with Crippen LogP contribution in [0.1, 0.15) is 26.3 Å². The number of sulfone groups is 1. The van der Waals surface area contributed by atoms with Gasteiger partial charge in [-0.2, -0.15) is 0 Å². The molecule has 0 bridgehead atoms. The third-order valence-corrected chi connectivity index (χ3v) is 4.58. The van der Waals surface area contributed by atoms with Gasteiger partial charge in [-0.1, -0.05) is 32.9 Å². The highest BCUT2D eigenvalue weighted by atomic mass is 32.2. The molecule has 0 aliphatic heterocycles. The molecule has 0 heterocycles. The molecular weight excluding hydrogens is 266 g/mol. The summed E-state index contributed by atoms with van der Waals surface area (Å²) in [6.07, 6.45) is 0. The van der Waals surface area contributed by atoms with Gasteiger partial charge in [-0.3, -0.25) is 4.79 Å². The Morgan fingerprint density at radius 1 is 1.26 bits per heavy atom. The van der Waals surface area contributed by atoms with E-state index in [1.807, 2.05) is 20.8 Å². The quantitative estimate of drug-likeness (QED) is 0.865. The van der Waals surface area contributed by atoms with E-state index in [9.17, 15) is 13.2 Å². The third kappa shape index (κ3) is 4.04. The minimum Gasteiger partial charge on any atom is -0.480 e. The van der Waals surface area contributed by atoms with E-state index in [2.05, 4.69) is 0 Å². The summed E-state index contributed by atoms with van der Waals surface area (Å²) in [5, 5.41) is 8.65. The second kappa shape index (κ2) is 5.30. The van der Waals surface area contributed by atoms with Crippen LogP contribution in [-0.2, 0) is 20.0 Å². The van der Waals surface area contributed by atoms with Gasteiger partial charge in [-0.15, -0.1) is 0 Å². The number of benzene rings is 1. The normalized spacial score (nSPS) is 14.1. The molecule has 0 spiro atoms. The highest BCUT2D eigenvalue weighted by Crippen LogP contribution is 2.23. The highest BCUT2D eigenvalue weighted by Gasteiger charge is 2.23. The topological polar surface area (TPSA) is 97.5 Å². The number of nitrogens with two attached hydrogens (primary N) is 1. The van der Waals surface area contributed by atoms with E-state index in [0.717, 1.165) is 5.56 Å². The van der Waals surface area contributed by atoms with Gasteiger partial charge in [0, 0.05) is 0 Å². The van der Waals surface area contributed by atoms with Crippen LogP contribution in [-0.4, -0.2) is 31.3 Å². The first-order chi connectivity index (χ1) is 8.54. The zero-order valence-electron chi connectivity index (χ0n) is 11.3. The largest absolute Gasteiger partial charge is 0.480 e. The van der Waals surface area contributed by atoms with Gasteiger partial charge < -0.3 is 10.8 Å². The van der Waals surface area contributed by atoms with Crippen molar-refractivity contribution in [1.29, 1.82) is 0 Å². The smallest absolute Gasteiger partial charge is 0.321 e. The molecule has 0 aliphatic rings. The Balaban J connectivity index is 3.01. The average molecular weight is 285 g/mol. The molecular formula is C13H19NO4S. The standard InChI is InChI=1S/C13H19NO4S/c1-13(2,3)9-4-6-10(7-5-9)19(17,18)8-11(14)12(15)16/h4-7,11H,8,14H2,1-3H3,(H,15,16). The lowest BCUT2D eigenvalue weighted by molar-refractivity contribution is -0.137. The number of hydrogen-bond acceptors (Lipinski definition) is 4. The molecule has 0 aromatic heterocycles. The lowest BCUT2D eigenvalue weighted by Gasteiger charge is -2.19. The minimum atomic E-state index is -3.67. The van der Waals surface area contributed by atoms with Crippen molar-refractivity contribution in [2.24, 2.45) is 5.73 Å². The second-order valence-electron chi connectivity index (χ2n) is 5.50. The highest BCUT2D eigenvalue weighted by molar-refractivity contribution is 7.91. The molecule has 19 heavy (non-hydrogen) atoms. The van der Waals surface area contributed by atoms with E-state index < -0.39 is 27.6 Å². The van der Waals surface area contributed by atoms with E-state index in [0.29, 0.717) is 0 Å². The minimum absolute atomic E-state index is 0.0697. The number of carbonyl (C=O) groups is 1. The maximum atomic E-state index is 12.0. The molecule has 0 aliphatic carbocycles. The van der Waals surface area contributed by atoms with E-state index in [4.69, 9.17) is 10.8 Å². The molecule has 0 fully saturated rings.